The Bertz CT molecular complexity index is 829. The highest BCUT2D eigenvalue weighted by Crippen LogP contribution is 2.27. The lowest BCUT2D eigenvalue weighted by Crippen LogP contribution is -2.22. The number of carbonyl (C=O) groups excluding carboxylic acids is 1. The van der Waals surface area contributed by atoms with Crippen molar-refractivity contribution in [2.45, 2.75) is 13.1 Å². The van der Waals surface area contributed by atoms with Crippen LogP contribution in [0.15, 0.2) is 61.2 Å². The van der Waals surface area contributed by atoms with E-state index in [0.29, 0.717) is 29.7 Å². The van der Waals surface area contributed by atoms with Crippen molar-refractivity contribution in [3.63, 3.8) is 0 Å². The zero-order valence-electron chi connectivity index (χ0n) is 13.3. The zero-order chi connectivity index (χ0) is 17.5. The predicted molar refractivity (Wildman–Crippen MR) is 97.3 cm³/mol. The molecule has 0 fully saturated rings. The molecule has 0 bridgehead atoms. The third-order valence-electron chi connectivity index (χ3n) is 3.59. The molecule has 6 nitrogen and oxygen atoms in total. The van der Waals surface area contributed by atoms with Crippen molar-refractivity contribution < 1.29 is 4.79 Å². The van der Waals surface area contributed by atoms with Gasteiger partial charge in [-0.2, -0.15) is 0 Å². The molecule has 7 heteroatoms. The number of pyridine rings is 3. The Morgan fingerprint density at radius 3 is 2.24 bits per heavy atom. The molecule has 1 N–H and O–H groups in total. The Labute approximate surface area is 150 Å². The minimum absolute atomic E-state index is 0.357. The number of anilines is 2. The first-order valence-corrected chi connectivity index (χ1v) is 8.04. The van der Waals surface area contributed by atoms with Crippen molar-refractivity contribution >= 4 is 29.5 Å². The molecule has 1 amide bonds. The Morgan fingerprint density at radius 1 is 0.960 bits per heavy atom. The van der Waals surface area contributed by atoms with E-state index >= 15 is 0 Å². The van der Waals surface area contributed by atoms with Crippen LogP contribution in [0.4, 0.5) is 11.5 Å². The van der Waals surface area contributed by atoms with Gasteiger partial charge in [-0.05, 0) is 47.5 Å². The van der Waals surface area contributed by atoms with Crippen LogP contribution in [0, 0.1) is 0 Å². The van der Waals surface area contributed by atoms with Gasteiger partial charge in [0.25, 0.3) is 0 Å². The van der Waals surface area contributed by atoms with E-state index in [1.165, 1.54) is 0 Å². The van der Waals surface area contributed by atoms with E-state index in [9.17, 15) is 4.79 Å². The molecule has 126 valence electrons. The molecule has 3 aromatic rings. The van der Waals surface area contributed by atoms with Crippen LogP contribution in [0.25, 0.3) is 0 Å². The molecule has 0 aliphatic carbocycles. The van der Waals surface area contributed by atoms with Crippen molar-refractivity contribution in [3.05, 3.63) is 77.5 Å². The molecular formula is C18H16ClN5O. The number of aromatic nitrogens is 3. The van der Waals surface area contributed by atoms with Gasteiger partial charge in [0.05, 0.1) is 12.2 Å². The maximum absolute atomic E-state index is 11.6. The third kappa shape index (κ3) is 4.51. The maximum Gasteiger partial charge on any atom is 0.214 e. The topological polar surface area (TPSA) is 71.0 Å². The second-order valence-corrected chi connectivity index (χ2v) is 5.69. The summed E-state index contributed by atoms with van der Waals surface area (Å²) in [6.07, 6.45) is 7.62. The fourth-order valence-corrected chi connectivity index (χ4v) is 2.49. The largest absolute Gasteiger partial charge is 0.364 e. The summed E-state index contributed by atoms with van der Waals surface area (Å²) in [6.45, 7) is 0.962. The van der Waals surface area contributed by atoms with E-state index in [0.717, 1.165) is 17.5 Å². The lowest BCUT2D eigenvalue weighted by atomic mass is 10.2. The number of hydrogen-bond donors (Lipinski definition) is 1. The minimum Gasteiger partial charge on any atom is -0.364 e. The molecule has 25 heavy (non-hydrogen) atoms. The van der Waals surface area contributed by atoms with Crippen molar-refractivity contribution in [2.75, 3.05) is 10.2 Å². The summed E-state index contributed by atoms with van der Waals surface area (Å²) in [5, 5.41) is 3.59. The number of nitrogens with one attached hydrogen (secondary N) is 1. The molecule has 0 unspecified atom stereocenters. The number of halogens is 1. The van der Waals surface area contributed by atoms with Crippen molar-refractivity contribution in [2.24, 2.45) is 0 Å². The molecule has 0 saturated carbocycles. The number of hydrogen-bond acceptors (Lipinski definition) is 5. The zero-order valence-corrected chi connectivity index (χ0v) is 14.1. The van der Waals surface area contributed by atoms with E-state index in [2.05, 4.69) is 20.3 Å². The summed E-state index contributed by atoms with van der Waals surface area (Å²) in [6, 6.07) is 11.0. The highest BCUT2D eigenvalue weighted by atomic mass is 35.5. The predicted octanol–water partition coefficient (Wildman–Crippen LogP) is 3.30. The summed E-state index contributed by atoms with van der Waals surface area (Å²) in [4.78, 5) is 25.5. The second-order valence-electron chi connectivity index (χ2n) is 5.30. The molecule has 3 aromatic heterocycles. The highest BCUT2D eigenvalue weighted by molar-refractivity contribution is 6.29. The van der Waals surface area contributed by atoms with Gasteiger partial charge in [0, 0.05) is 31.3 Å². The number of nitrogens with zero attached hydrogens (tertiary/aromatic N) is 4. The van der Waals surface area contributed by atoms with Gasteiger partial charge in [0.15, 0.2) is 5.82 Å². The number of carbonyl (C=O) groups is 1. The molecule has 0 aliphatic rings. The van der Waals surface area contributed by atoms with Crippen molar-refractivity contribution in [3.8, 4) is 0 Å². The summed E-state index contributed by atoms with van der Waals surface area (Å²) < 4.78 is 0. The molecule has 0 spiro atoms. The van der Waals surface area contributed by atoms with E-state index in [1.54, 1.807) is 41.8 Å². The SMILES string of the molecule is O=CN(Cc1ccncc1)c1ccc(Cl)nc1NCc1ccncc1. The van der Waals surface area contributed by atoms with Crippen LogP contribution in [-0.2, 0) is 17.9 Å². The van der Waals surface area contributed by atoms with E-state index in [-0.39, 0.29) is 0 Å². The van der Waals surface area contributed by atoms with Gasteiger partial charge >= 0.3 is 0 Å². The molecule has 0 radical (unpaired) electrons. The average molecular weight is 354 g/mol. The lowest BCUT2D eigenvalue weighted by molar-refractivity contribution is -0.107. The monoisotopic (exact) mass is 353 g/mol. The summed E-state index contributed by atoms with van der Waals surface area (Å²) in [5.74, 6) is 0.547. The first-order chi connectivity index (χ1) is 12.3. The van der Waals surface area contributed by atoms with Gasteiger partial charge < -0.3 is 10.2 Å². The Kier molecular flexibility index (Phi) is 5.53. The van der Waals surface area contributed by atoms with Crippen LogP contribution in [0.2, 0.25) is 5.15 Å². The van der Waals surface area contributed by atoms with Crippen LogP contribution >= 0.6 is 11.6 Å². The average Bonchev–Trinajstić information content (AvgIpc) is 2.66. The van der Waals surface area contributed by atoms with Gasteiger partial charge in [-0.3, -0.25) is 14.8 Å². The van der Waals surface area contributed by atoms with Gasteiger partial charge in [0.2, 0.25) is 6.41 Å². The summed E-state index contributed by atoms with van der Waals surface area (Å²) in [7, 11) is 0. The van der Waals surface area contributed by atoms with Gasteiger partial charge in [0.1, 0.15) is 5.15 Å². The van der Waals surface area contributed by atoms with Gasteiger partial charge in [-0.1, -0.05) is 11.6 Å². The van der Waals surface area contributed by atoms with E-state index in [4.69, 9.17) is 11.6 Å². The fraction of sp³-hybridized carbons (Fsp3) is 0.111. The fourth-order valence-electron chi connectivity index (χ4n) is 2.34. The number of rotatable bonds is 7. The molecule has 0 saturated heterocycles. The molecule has 3 rings (SSSR count). The lowest BCUT2D eigenvalue weighted by Gasteiger charge is -2.21. The maximum atomic E-state index is 11.6. The third-order valence-corrected chi connectivity index (χ3v) is 3.80. The first-order valence-electron chi connectivity index (χ1n) is 7.66. The standard InChI is InChI=1S/C18H16ClN5O/c19-17-2-1-16(24(13-25)12-15-5-9-21-10-6-15)18(23-17)22-11-14-3-7-20-8-4-14/h1-10,13H,11-12H2,(H,22,23). The van der Waals surface area contributed by atoms with Crippen LogP contribution in [0.1, 0.15) is 11.1 Å². The molecule has 0 aromatic carbocycles. The quantitative estimate of drug-likeness (QED) is 0.521. The van der Waals surface area contributed by atoms with Crippen LogP contribution in [0.3, 0.4) is 0 Å². The molecule has 0 aliphatic heterocycles. The molecule has 0 atom stereocenters. The van der Waals surface area contributed by atoms with Crippen LogP contribution < -0.4 is 10.2 Å². The Hall–Kier alpha value is -2.99. The summed E-state index contributed by atoms with van der Waals surface area (Å²) >= 11 is 6.03. The Balaban J connectivity index is 1.83. The van der Waals surface area contributed by atoms with E-state index < -0.39 is 0 Å². The van der Waals surface area contributed by atoms with Crippen LogP contribution in [-0.4, -0.2) is 21.4 Å². The van der Waals surface area contributed by atoms with E-state index in [1.807, 2.05) is 24.3 Å². The number of amides is 1. The summed E-state index contributed by atoms with van der Waals surface area (Å²) in [5.41, 5.74) is 2.68. The molecule has 3 heterocycles. The van der Waals surface area contributed by atoms with Crippen LogP contribution in [0.5, 0.6) is 0 Å². The van der Waals surface area contributed by atoms with Gasteiger partial charge in [-0.25, -0.2) is 4.98 Å². The second kappa shape index (κ2) is 8.21. The van der Waals surface area contributed by atoms with Crippen molar-refractivity contribution in [1.82, 2.24) is 15.0 Å². The normalized spacial score (nSPS) is 10.3. The highest BCUT2D eigenvalue weighted by Gasteiger charge is 2.13. The first kappa shape index (κ1) is 16.9. The van der Waals surface area contributed by atoms with Crippen molar-refractivity contribution in [1.29, 1.82) is 0 Å². The molecular weight excluding hydrogens is 338 g/mol. The smallest absolute Gasteiger partial charge is 0.214 e. The Morgan fingerprint density at radius 2 is 1.60 bits per heavy atom. The van der Waals surface area contributed by atoms with Gasteiger partial charge in [-0.15, -0.1) is 0 Å². The minimum atomic E-state index is 0.357.